The first-order valence-corrected chi connectivity index (χ1v) is 7.33. The second-order valence-electron chi connectivity index (χ2n) is 4.95. The molecular weight excluding hydrogens is 220 g/mol. The van der Waals surface area contributed by atoms with Crippen LogP contribution in [0.2, 0.25) is 0 Å². The lowest BCUT2D eigenvalue weighted by molar-refractivity contribution is -0.119. The fourth-order valence-electron chi connectivity index (χ4n) is 2.36. The Morgan fingerprint density at radius 1 is 1.00 bits per heavy atom. The minimum absolute atomic E-state index is 0.419. The summed E-state index contributed by atoms with van der Waals surface area (Å²) in [5.74, 6) is 0.419. The van der Waals surface area contributed by atoms with Crippen molar-refractivity contribution in [3.63, 3.8) is 0 Å². The van der Waals surface area contributed by atoms with E-state index in [4.69, 9.17) is 0 Å². The van der Waals surface area contributed by atoms with Gasteiger partial charge in [-0.2, -0.15) is 0 Å². The molecule has 0 spiro atoms. The van der Waals surface area contributed by atoms with Crippen LogP contribution < -0.4 is 0 Å². The van der Waals surface area contributed by atoms with E-state index < -0.39 is 0 Å². The molecule has 1 aromatic carbocycles. The molecule has 0 heterocycles. The van der Waals surface area contributed by atoms with Crippen molar-refractivity contribution in [2.75, 3.05) is 0 Å². The summed E-state index contributed by atoms with van der Waals surface area (Å²) in [6.07, 6.45) is 6.69. The van der Waals surface area contributed by atoms with E-state index in [0.717, 1.165) is 44.9 Å². The number of ketones is 1. The highest BCUT2D eigenvalue weighted by atomic mass is 16.1. The average molecular weight is 246 g/mol. The van der Waals surface area contributed by atoms with Crippen LogP contribution in [0, 0.1) is 0 Å². The number of hydrogen-bond acceptors (Lipinski definition) is 1. The van der Waals surface area contributed by atoms with Gasteiger partial charge < -0.3 is 0 Å². The first-order valence-electron chi connectivity index (χ1n) is 7.33. The molecule has 0 radical (unpaired) electrons. The lowest BCUT2D eigenvalue weighted by Crippen LogP contribution is -2.00. The van der Waals surface area contributed by atoms with Crippen LogP contribution >= 0.6 is 0 Å². The zero-order valence-corrected chi connectivity index (χ0v) is 12.1. The molecule has 0 bridgehead atoms. The molecule has 0 aliphatic heterocycles. The molecule has 0 fully saturated rings. The van der Waals surface area contributed by atoms with E-state index in [-0.39, 0.29) is 0 Å². The standard InChI is InChI=1S/C17H26O/c1-4-8-17(18)10-7-9-16-13-14(5-2)11-12-15(16)6-3/h11-13H,4-10H2,1-3H3. The van der Waals surface area contributed by atoms with Gasteiger partial charge in [-0.3, -0.25) is 4.79 Å². The normalized spacial score (nSPS) is 10.6. The van der Waals surface area contributed by atoms with Crippen molar-refractivity contribution >= 4 is 5.78 Å². The van der Waals surface area contributed by atoms with Gasteiger partial charge in [0.05, 0.1) is 0 Å². The topological polar surface area (TPSA) is 17.1 Å². The van der Waals surface area contributed by atoms with E-state index in [1.807, 2.05) is 0 Å². The summed E-state index contributed by atoms with van der Waals surface area (Å²) in [5.41, 5.74) is 4.29. The number of hydrogen-bond donors (Lipinski definition) is 0. The summed E-state index contributed by atoms with van der Waals surface area (Å²) in [6.45, 7) is 6.46. The van der Waals surface area contributed by atoms with Crippen LogP contribution in [0.15, 0.2) is 18.2 Å². The third-order valence-corrected chi connectivity index (χ3v) is 3.49. The molecule has 1 aromatic rings. The van der Waals surface area contributed by atoms with E-state index >= 15 is 0 Å². The van der Waals surface area contributed by atoms with Crippen molar-refractivity contribution in [2.45, 2.75) is 65.7 Å². The highest BCUT2D eigenvalue weighted by Crippen LogP contribution is 2.16. The van der Waals surface area contributed by atoms with Crippen LogP contribution in [0.1, 0.15) is 63.1 Å². The zero-order chi connectivity index (χ0) is 13.4. The maximum atomic E-state index is 11.5. The third kappa shape index (κ3) is 4.64. The first kappa shape index (κ1) is 14.9. The lowest BCUT2D eigenvalue weighted by atomic mass is 9.96. The van der Waals surface area contributed by atoms with Crippen molar-refractivity contribution < 1.29 is 4.79 Å². The van der Waals surface area contributed by atoms with Gasteiger partial charge >= 0.3 is 0 Å². The van der Waals surface area contributed by atoms with Crippen molar-refractivity contribution in [2.24, 2.45) is 0 Å². The van der Waals surface area contributed by atoms with Gasteiger partial charge in [-0.1, -0.05) is 39.0 Å². The molecular formula is C17H26O. The van der Waals surface area contributed by atoms with Crippen molar-refractivity contribution in [3.05, 3.63) is 34.9 Å². The minimum atomic E-state index is 0.419. The molecule has 0 amide bonds. The highest BCUT2D eigenvalue weighted by Gasteiger charge is 2.04. The number of benzene rings is 1. The molecule has 1 rings (SSSR count). The van der Waals surface area contributed by atoms with Crippen molar-refractivity contribution in [1.82, 2.24) is 0 Å². The number of aryl methyl sites for hydroxylation is 3. The van der Waals surface area contributed by atoms with E-state index in [0.29, 0.717) is 5.78 Å². The fourth-order valence-corrected chi connectivity index (χ4v) is 2.36. The Balaban J connectivity index is 2.57. The monoisotopic (exact) mass is 246 g/mol. The third-order valence-electron chi connectivity index (χ3n) is 3.49. The Morgan fingerprint density at radius 2 is 1.78 bits per heavy atom. The van der Waals surface area contributed by atoms with E-state index in [1.54, 1.807) is 0 Å². The summed E-state index contributed by atoms with van der Waals surface area (Å²) in [4.78, 5) is 11.5. The molecule has 0 unspecified atom stereocenters. The van der Waals surface area contributed by atoms with Gasteiger partial charge in [0, 0.05) is 12.8 Å². The number of rotatable bonds is 8. The van der Waals surface area contributed by atoms with Gasteiger partial charge in [-0.25, -0.2) is 0 Å². The summed E-state index contributed by atoms with van der Waals surface area (Å²) in [6, 6.07) is 6.80. The first-order chi connectivity index (χ1) is 8.71. The quantitative estimate of drug-likeness (QED) is 0.660. The Labute approximate surface area is 112 Å². The molecule has 18 heavy (non-hydrogen) atoms. The predicted octanol–water partition coefficient (Wildman–Crippen LogP) is 4.50. The Kier molecular flexibility index (Phi) is 6.70. The SMILES string of the molecule is CCCC(=O)CCCc1cc(CC)ccc1CC. The number of Topliss-reactive ketones (excluding diaryl/α,β-unsaturated/α-hetero) is 1. The van der Waals surface area contributed by atoms with Crippen LogP contribution in [-0.4, -0.2) is 5.78 Å². The molecule has 0 N–H and O–H groups in total. The minimum Gasteiger partial charge on any atom is -0.300 e. The van der Waals surface area contributed by atoms with Crippen LogP contribution in [-0.2, 0) is 24.1 Å². The highest BCUT2D eigenvalue weighted by molar-refractivity contribution is 5.78. The predicted molar refractivity (Wildman–Crippen MR) is 78.1 cm³/mol. The Morgan fingerprint density at radius 3 is 2.39 bits per heavy atom. The molecule has 1 heteroatoms. The maximum absolute atomic E-state index is 11.5. The van der Waals surface area contributed by atoms with Gasteiger partial charge in [-0.15, -0.1) is 0 Å². The lowest BCUT2D eigenvalue weighted by Gasteiger charge is -2.09. The van der Waals surface area contributed by atoms with E-state index in [2.05, 4.69) is 39.0 Å². The summed E-state index contributed by atoms with van der Waals surface area (Å²) in [5, 5.41) is 0. The van der Waals surface area contributed by atoms with Crippen LogP contribution in [0.4, 0.5) is 0 Å². The summed E-state index contributed by atoms with van der Waals surface area (Å²) < 4.78 is 0. The molecule has 0 aromatic heterocycles. The summed E-state index contributed by atoms with van der Waals surface area (Å²) >= 11 is 0. The largest absolute Gasteiger partial charge is 0.300 e. The molecule has 0 aliphatic carbocycles. The van der Waals surface area contributed by atoms with Gasteiger partial charge in [0.15, 0.2) is 0 Å². The number of carbonyl (C=O) groups is 1. The van der Waals surface area contributed by atoms with E-state index in [9.17, 15) is 4.79 Å². The molecule has 0 aliphatic rings. The molecule has 0 atom stereocenters. The van der Waals surface area contributed by atoms with Crippen LogP contribution in [0.25, 0.3) is 0 Å². The van der Waals surface area contributed by atoms with Crippen LogP contribution in [0.5, 0.6) is 0 Å². The Bertz CT molecular complexity index is 379. The smallest absolute Gasteiger partial charge is 0.132 e. The van der Waals surface area contributed by atoms with Crippen molar-refractivity contribution in [1.29, 1.82) is 0 Å². The van der Waals surface area contributed by atoms with Crippen molar-refractivity contribution in [3.8, 4) is 0 Å². The number of carbonyl (C=O) groups excluding carboxylic acids is 1. The van der Waals surface area contributed by atoms with Crippen LogP contribution in [0.3, 0.4) is 0 Å². The van der Waals surface area contributed by atoms with Gasteiger partial charge in [-0.05, 0) is 48.8 Å². The fraction of sp³-hybridized carbons (Fsp3) is 0.588. The van der Waals surface area contributed by atoms with Gasteiger partial charge in [0.1, 0.15) is 5.78 Å². The molecule has 1 nitrogen and oxygen atoms in total. The Hall–Kier alpha value is -1.11. The van der Waals surface area contributed by atoms with E-state index in [1.165, 1.54) is 16.7 Å². The molecule has 0 saturated heterocycles. The second-order valence-corrected chi connectivity index (χ2v) is 4.95. The molecule has 100 valence electrons. The maximum Gasteiger partial charge on any atom is 0.132 e. The molecule has 0 saturated carbocycles. The second kappa shape index (κ2) is 8.07. The van der Waals surface area contributed by atoms with Gasteiger partial charge in [0.2, 0.25) is 0 Å². The van der Waals surface area contributed by atoms with Gasteiger partial charge in [0.25, 0.3) is 0 Å². The zero-order valence-electron chi connectivity index (χ0n) is 12.1. The average Bonchev–Trinajstić information content (AvgIpc) is 2.39. The summed E-state index contributed by atoms with van der Waals surface area (Å²) in [7, 11) is 0.